The summed E-state index contributed by atoms with van der Waals surface area (Å²) < 4.78 is 10.5. The van der Waals surface area contributed by atoms with Crippen molar-refractivity contribution >= 4 is 23.6 Å². The second kappa shape index (κ2) is 6.92. The van der Waals surface area contributed by atoms with Crippen LogP contribution in [0.3, 0.4) is 0 Å². The van der Waals surface area contributed by atoms with Crippen LogP contribution >= 0.6 is 0 Å². The third-order valence-corrected chi connectivity index (χ3v) is 4.15. The molecule has 1 aliphatic heterocycles. The maximum absolute atomic E-state index is 12.1. The molecule has 1 fully saturated rings. The Morgan fingerprint density at radius 3 is 2.54 bits per heavy atom. The molecule has 2 aliphatic rings. The van der Waals surface area contributed by atoms with Crippen LogP contribution in [0, 0.1) is 0 Å². The Kier molecular flexibility index (Phi) is 4.31. The number of fused-ring (bicyclic) bond motifs is 1. The normalized spacial score (nSPS) is 15.1. The second-order valence-electron chi connectivity index (χ2n) is 6.26. The van der Waals surface area contributed by atoms with E-state index >= 15 is 0 Å². The molecule has 132 valence electrons. The lowest BCUT2D eigenvalue weighted by atomic mass is 10.1. The summed E-state index contributed by atoms with van der Waals surface area (Å²) in [4.78, 5) is 24.0. The number of hydrogen-bond acceptors (Lipinski definition) is 4. The van der Waals surface area contributed by atoms with E-state index in [0.29, 0.717) is 28.8 Å². The van der Waals surface area contributed by atoms with E-state index in [2.05, 4.69) is 10.6 Å². The van der Waals surface area contributed by atoms with Gasteiger partial charge in [0.25, 0.3) is 5.91 Å². The summed E-state index contributed by atoms with van der Waals surface area (Å²) in [6.45, 7) is 0.196. The van der Waals surface area contributed by atoms with Crippen LogP contribution in [0.2, 0.25) is 0 Å². The molecule has 2 aromatic carbocycles. The fourth-order valence-corrected chi connectivity index (χ4v) is 2.57. The summed E-state index contributed by atoms with van der Waals surface area (Å²) in [5.41, 5.74) is 2.10. The van der Waals surface area contributed by atoms with Crippen molar-refractivity contribution < 1.29 is 19.1 Å². The van der Waals surface area contributed by atoms with Gasteiger partial charge in [0.15, 0.2) is 11.5 Å². The summed E-state index contributed by atoms with van der Waals surface area (Å²) >= 11 is 0. The van der Waals surface area contributed by atoms with Gasteiger partial charge in [-0.15, -0.1) is 0 Å². The number of hydrogen-bond donors (Lipinski definition) is 2. The Labute approximate surface area is 150 Å². The molecule has 0 aromatic heterocycles. The van der Waals surface area contributed by atoms with Gasteiger partial charge in [0.2, 0.25) is 12.7 Å². The van der Waals surface area contributed by atoms with Gasteiger partial charge in [-0.1, -0.05) is 12.1 Å². The molecule has 1 aliphatic carbocycles. The average Bonchev–Trinajstić information content (AvgIpc) is 3.34. The van der Waals surface area contributed by atoms with E-state index in [1.807, 2.05) is 12.1 Å². The average molecular weight is 350 g/mol. The van der Waals surface area contributed by atoms with Crippen molar-refractivity contribution in [1.29, 1.82) is 0 Å². The highest BCUT2D eigenvalue weighted by atomic mass is 16.7. The molecule has 1 saturated carbocycles. The minimum absolute atomic E-state index is 0.0522. The minimum atomic E-state index is -0.251. The minimum Gasteiger partial charge on any atom is -0.454 e. The molecule has 2 N–H and O–H groups in total. The van der Waals surface area contributed by atoms with Crippen LogP contribution in [-0.2, 0) is 4.79 Å². The fourth-order valence-electron chi connectivity index (χ4n) is 2.57. The Morgan fingerprint density at radius 1 is 1.00 bits per heavy atom. The zero-order chi connectivity index (χ0) is 17.9. The van der Waals surface area contributed by atoms with E-state index in [-0.39, 0.29) is 18.6 Å². The van der Waals surface area contributed by atoms with Gasteiger partial charge in [0.1, 0.15) is 0 Å². The molecule has 2 amide bonds. The summed E-state index contributed by atoms with van der Waals surface area (Å²) in [5.74, 6) is 0.985. The standard InChI is InChI=1S/C20H18N2O4/c23-19(21-16-8-9-17-18(11-16)26-12-25-17)10-3-13-1-4-14(5-2-13)20(24)22-15-6-7-15/h1-5,8-11,15H,6-7,12H2,(H,21,23)(H,22,24)/b10-3+. The molecule has 0 unspecified atom stereocenters. The summed E-state index contributed by atoms with van der Waals surface area (Å²) in [7, 11) is 0. The van der Waals surface area contributed by atoms with Crippen molar-refractivity contribution in [1.82, 2.24) is 5.32 Å². The first-order chi connectivity index (χ1) is 12.7. The number of carbonyl (C=O) groups is 2. The number of rotatable bonds is 5. The molecule has 4 rings (SSSR count). The first-order valence-electron chi connectivity index (χ1n) is 8.47. The van der Waals surface area contributed by atoms with Gasteiger partial charge < -0.3 is 20.1 Å². The zero-order valence-electron chi connectivity index (χ0n) is 14.0. The zero-order valence-corrected chi connectivity index (χ0v) is 14.0. The molecule has 6 heteroatoms. The molecule has 0 spiro atoms. The van der Waals surface area contributed by atoms with Crippen molar-refractivity contribution in [3.05, 3.63) is 59.7 Å². The number of anilines is 1. The van der Waals surface area contributed by atoms with E-state index in [1.165, 1.54) is 6.08 Å². The number of ether oxygens (including phenoxy) is 2. The largest absolute Gasteiger partial charge is 0.454 e. The van der Waals surface area contributed by atoms with Crippen LogP contribution in [-0.4, -0.2) is 24.6 Å². The van der Waals surface area contributed by atoms with E-state index in [4.69, 9.17) is 9.47 Å². The lowest BCUT2D eigenvalue weighted by Gasteiger charge is -2.04. The summed E-state index contributed by atoms with van der Waals surface area (Å²) in [5, 5.41) is 5.72. The van der Waals surface area contributed by atoms with E-state index in [9.17, 15) is 9.59 Å². The molecule has 0 radical (unpaired) electrons. The number of benzene rings is 2. The maximum Gasteiger partial charge on any atom is 0.251 e. The SMILES string of the molecule is O=C(/C=C/c1ccc(C(=O)NC2CC2)cc1)Nc1ccc2c(c1)OCO2. The van der Waals surface area contributed by atoms with Gasteiger partial charge in [-0.3, -0.25) is 9.59 Å². The van der Waals surface area contributed by atoms with Crippen molar-refractivity contribution in [2.75, 3.05) is 12.1 Å². The van der Waals surface area contributed by atoms with Crippen molar-refractivity contribution in [3.63, 3.8) is 0 Å². The molecule has 2 aromatic rings. The molecular formula is C20H18N2O4. The highest BCUT2D eigenvalue weighted by Gasteiger charge is 2.23. The van der Waals surface area contributed by atoms with E-state index in [1.54, 1.807) is 36.4 Å². The highest BCUT2D eigenvalue weighted by molar-refractivity contribution is 6.02. The van der Waals surface area contributed by atoms with Crippen LogP contribution < -0.4 is 20.1 Å². The van der Waals surface area contributed by atoms with Crippen molar-refractivity contribution in [2.45, 2.75) is 18.9 Å². The predicted octanol–water partition coefficient (Wildman–Crippen LogP) is 2.96. The van der Waals surface area contributed by atoms with Crippen molar-refractivity contribution in [3.8, 4) is 11.5 Å². The Morgan fingerprint density at radius 2 is 1.77 bits per heavy atom. The van der Waals surface area contributed by atoms with Crippen molar-refractivity contribution in [2.24, 2.45) is 0 Å². The summed E-state index contributed by atoms with van der Waals surface area (Å²) in [6, 6.07) is 12.7. The lowest BCUT2D eigenvalue weighted by molar-refractivity contribution is -0.111. The predicted molar refractivity (Wildman–Crippen MR) is 97.2 cm³/mol. The highest BCUT2D eigenvalue weighted by Crippen LogP contribution is 2.34. The third kappa shape index (κ3) is 3.85. The van der Waals surface area contributed by atoms with Crippen LogP contribution in [0.5, 0.6) is 11.5 Å². The van der Waals surface area contributed by atoms with Gasteiger partial charge in [-0.25, -0.2) is 0 Å². The number of amides is 2. The van der Waals surface area contributed by atoms with Gasteiger partial charge in [-0.2, -0.15) is 0 Å². The maximum atomic E-state index is 12.1. The van der Waals surface area contributed by atoms with Crippen LogP contribution in [0.4, 0.5) is 5.69 Å². The molecule has 0 bridgehead atoms. The Balaban J connectivity index is 1.34. The van der Waals surface area contributed by atoms with E-state index < -0.39 is 0 Å². The molecule has 1 heterocycles. The molecule has 0 atom stereocenters. The third-order valence-electron chi connectivity index (χ3n) is 4.15. The quantitative estimate of drug-likeness (QED) is 0.813. The second-order valence-corrected chi connectivity index (χ2v) is 6.26. The smallest absolute Gasteiger partial charge is 0.251 e. The van der Waals surface area contributed by atoms with Gasteiger partial charge in [0, 0.05) is 29.4 Å². The number of nitrogens with one attached hydrogen (secondary N) is 2. The first kappa shape index (κ1) is 16.2. The topological polar surface area (TPSA) is 76.7 Å². The molecular weight excluding hydrogens is 332 g/mol. The van der Waals surface area contributed by atoms with Crippen LogP contribution in [0.1, 0.15) is 28.8 Å². The fraction of sp³-hybridized carbons (Fsp3) is 0.200. The van der Waals surface area contributed by atoms with Crippen LogP contribution in [0.15, 0.2) is 48.5 Å². The first-order valence-corrected chi connectivity index (χ1v) is 8.47. The molecule has 26 heavy (non-hydrogen) atoms. The lowest BCUT2D eigenvalue weighted by Crippen LogP contribution is -2.25. The molecule has 6 nitrogen and oxygen atoms in total. The van der Waals surface area contributed by atoms with Crippen LogP contribution in [0.25, 0.3) is 6.08 Å². The Bertz CT molecular complexity index is 870. The van der Waals surface area contributed by atoms with E-state index in [0.717, 1.165) is 18.4 Å². The van der Waals surface area contributed by atoms with Gasteiger partial charge in [0.05, 0.1) is 0 Å². The van der Waals surface area contributed by atoms with Gasteiger partial charge in [-0.05, 0) is 48.7 Å². The number of carbonyl (C=O) groups excluding carboxylic acids is 2. The monoisotopic (exact) mass is 350 g/mol. The Hall–Kier alpha value is -3.28. The van der Waals surface area contributed by atoms with Gasteiger partial charge >= 0.3 is 0 Å². The summed E-state index contributed by atoms with van der Waals surface area (Å²) in [6.07, 6.45) is 5.27. The molecule has 0 saturated heterocycles.